The zero-order valence-corrected chi connectivity index (χ0v) is 12.9. The summed E-state index contributed by atoms with van der Waals surface area (Å²) >= 11 is 6.32. The molecule has 0 aliphatic heterocycles. The van der Waals surface area contributed by atoms with Gasteiger partial charge in [-0.05, 0) is 24.6 Å². The minimum absolute atomic E-state index is 0.570. The number of halogens is 1. The zero-order chi connectivity index (χ0) is 15.1. The summed E-state index contributed by atoms with van der Waals surface area (Å²) in [5.41, 5.74) is 0.982. The van der Waals surface area contributed by atoms with Gasteiger partial charge in [0, 0.05) is 19.3 Å². The quantitative estimate of drug-likeness (QED) is 0.757. The van der Waals surface area contributed by atoms with E-state index in [4.69, 9.17) is 21.1 Å². The average Bonchev–Trinajstić information content (AvgIpc) is 3.01. The number of benzene rings is 1. The second-order valence-corrected chi connectivity index (χ2v) is 4.85. The van der Waals surface area contributed by atoms with E-state index in [9.17, 15) is 0 Å². The lowest BCUT2D eigenvalue weighted by Crippen LogP contribution is -2.17. The minimum atomic E-state index is 0.570. The van der Waals surface area contributed by atoms with Crippen LogP contribution >= 0.6 is 11.6 Å². The van der Waals surface area contributed by atoms with E-state index in [2.05, 4.69) is 15.6 Å². The lowest BCUT2D eigenvalue weighted by atomic mass is 10.2. The molecule has 0 amide bonds. The second kappa shape index (κ2) is 7.85. The highest BCUT2D eigenvalue weighted by Crippen LogP contribution is 2.37. The molecule has 0 fully saturated rings. The van der Waals surface area contributed by atoms with Crippen LogP contribution < -0.4 is 14.8 Å². The van der Waals surface area contributed by atoms with Gasteiger partial charge in [-0.25, -0.2) is 0 Å². The first-order chi connectivity index (χ1) is 10.3. The Morgan fingerprint density at radius 1 is 1.29 bits per heavy atom. The Morgan fingerprint density at radius 2 is 2.14 bits per heavy atom. The molecule has 1 aromatic heterocycles. The van der Waals surface area contributed by atoms with Gasteiger partial charge in [0.15, 0.2) is 11.5 Å². The molecule has 0 radical (unpaired) electrons. The van der Waals surface area contributed by atoms with Gasteiger partial charge in [0.1, 0.15) is 0 Å². The highest BCUT2D eigenvalue weighted by Gasteiger charge is 2.12. The van der Waals surface area contributed by atoms with E-state index < -0.39 is 0 Å². The topological polar surface area (TPSA) is 61.2 Å². The van der Waals surface area contributed by atoms with Crippen LogP contribution in [0.4, 0.5) is 0 Å². The van der Waals surface area contributed by atoms with E-state index in [1.165, 1.54) is 0 Å². The molecule has 0 unspecified atom stereocenters. The van der Waals surface area contributed by atoms with Gasteiger partial charge < -0.3 is 14.8 Å². The van der Waals surface area contributed by atoms with Gasteiger partial charge in [0.25, 0.3) is 0 Å². The van der Waals surface area contributed by atoms with Gasteiger partial charge in [0.05, 0.1) is 25.4 Å². The fraction of sp³-hybridized carbons (Fsp3) is 0.429. The SMILES string of the molecule is COc1ccc(CNCCCn2ccnn2)c(Cl)c1OC. The van der Waals surface area contributed by atoms with Crippen molar-refractivity contribution in [2.45, 2.75) is 19.5 Å². The number of aromatic nitrogens is 3. The molecule has 114 valence electrons. The zero-order valence-electron chi connectivity index (χ0n) is 12.2. The number of aryl methyl sites for hydroxylation is 1. The third-order valence-electron chi connectivity index (χ3n) is 3.09. The van der Waals surface area contributed by atoms with Crippen molar-refractivity contribution in [2.24, 2.45) is 0 Å². The molecule has 1 aromatic carbocycles. The third kappa shape index (κ3) is 4.09. The molecule has 0 saturated carbocycles. The molecule has 6 nitrogen and oxygen atoms in total. The Kier molecular flexibility index (Phi) is 5.83. The highest BCUT2D eigenvalue weighted by atomic mass is 35.5. The van der Waals surface area contributed by atoms with Crippen LogP contribution in [-0.2, 0) is 13.1 Å². The fourth-order valence-corrected chi connectivity index (χ4v) is 2.31. The summed E-state index contributed by atoms with van der Waals surface area (Å²) in [6, 6.07) is 3.80. The predicted molar refractivity (Wildman–Crippen MR) is 80.9 cm³/mol. The van der Waals surface area contributed by atoms with Crippen molar-refractivity contribution in [3.05, 3.63) is 35.1 Å². The Balaban J connectivity index is 1.83. The molecule has 2 rings (SSSR count). The number of hydrogen-bond acceptors (Lipinski definition) is 5. The Hall–Kier alpha value is -1.79. The average molecular weight is 311 g/mol. The maximum absolute atomic E-state index is 6.32. The van der Waals surface area contributed by atoms with E-state index in [-0.39, 0.29) is 0 Å². The summed E-state index contributed by atoms with van der Waals surface area (Å²) < 4.78 is 12.3. The van der Waals surface area contributed by atoms with Crippen LogP contribution in [0.3, 0.4) is 0 Å². The number of nitrogens with zero attached hydrogens (tertiary/aromatic N) is 3. The van der Waals surface area contributed by atoms with Crippen molar-refractivity contribution in [1.82, 2.24) is 20.3 Å². The normalized spacial score (nSPS) is 10.6. The predicted octanol–water partition coefficient (Wildman–Crippen LogP) is 2.13. The van der Waals surface area contributed by atoms with Crippen molar-refractivity contribution < 1.29 is 9.47 Å². The first-order valence-electron chi connectivity index (χ1n) is 6.70. The van der Waals surface area contributed by atoms with E-state index in [0.29, 0.717) is 23.1 Å². The standard InChI is InChI=1S/C14H19ClN4O2/c1-20-12-5-4-11(13(15)14(12)21-2)10-16-6-3-8-19-9-7-17-18-19/h4-5,7,9,16H,3,6,8,10H2,1-2H3. The largest absolute Gasteiger partial charge is 0.493 e. The van der Waals surface area contributed by atoms with Gasteiger partial charge in [-0.3, -0.25) is 4.68 Å². The minimum Gasteiger partial charge on any atom is -0.493 e. The number of rotatable bonds is 8. The van der Waals surface area contributed by atoms with Crippen LogP contribution in [0.25, 0.3) is 0 Å². The summed E-state index contributed by atoms with van der Waals surface area (Å²) in [7, 11) is 3.18. The van der Waals surface area contributed by atoms with Crippen LogP contribution in [0, 0.1) is 0 Å². The van der Waals surface area contributed by atoms with Crippen molar-refractivity contribution >= 4 is 11.6 Å². The van der Waals surface area contributed by atoms with E-state index in [1.54, 1.807) is 20.4 Å². The molecular weight excluding hydrogens is 292 g/mol. The van der Waals surface area contributed by atoms with E-state index in [0.717, 1.165) is 25.1 Å². The first-order valence-corrected chi connectivity index (χ1v) is 7.08. The molecule has 0 saturated heterocycles. The molecule has 0 spiro atoms. The second-order valence-electron chi connectivity index (χ2n) is 4.47. The maximum Gasteiger partial charge on any atom is 0.179 e. The summed E-state index contributed by atoms with van der Waals surface area (Å²) in [5.74, 6) is 1.21. The molecule has 7 heteroatoms. The Morgan fingerprint density at radius 3 is 2.81 bits per heavy atom. The number of nitrogens with one attached hydrogen (secondary N) is 1. The maximum atomic E-state index is 6.32. The van der Waals surface area contributed by atoms with Crippen molar-refractivity contribution in [2.75, 3.05) is 20.8 Å². The molecule has 0 aliphatic carbocycles. The molecular formula is C14H19ClN4O2. The summed E-state index contributed by atoms with van der Waals surface area (Å²) in [6.07, 6.45) is 4.50. The summed E-state index contributed by atoms with van der Waals surface area (Å²) in [5, 5.41) is 11.6. The smallest absolute Gasteiger partial charge is 0.179 e. The van der Waals surface area contributed by atoms with Gasteiger partial charge in [-0.15, -0.1) is 5.10 Å². The molecule has 1 N–H and O–H groups in total. The van der Waals surface area contributed by atoms with E-state index >= 15 is 0 Å². The van der Waals surface area contributed by atoms with Crippen LogP contribution in [0.2, 0.25) is 5.02 Å². The Bertz CT molecular complexity index is 560. The fourth-order valence-electron chi connectivity index (χ4n) is 2.01. The van der Waals surface area contributed by atoms with Crippen molar-refractivity contribution in [3.8, 4) is 11.5 Å². The monoisotopic (exact) mass is 310 g/mol. The third-order valence-corrected chi connectivity index (χ3v) is 3.51. The molecule has 0 bridgehead atoms. The Labute approximate surface area is 129 Å². The number of hydrogen-bond donors (Lipinski definition) is 1. The molecule has 1 heterocycles. The van der Waals surface area contributed by atoms with Gasteiger partial charge in [-0.1, -0.05) is 22.9 Å². The number of methoxy groups -OCH3 is 2. The van der Waals surface area contributed by atoms with Crippen LogP contribution in [0.15, 0.2) is 24.5 Å². The molecule has 0 atom stereocenters. The first kappa shape index (κ1) is 15.6. The van der Waals surface area contributed by atoms with Crippen LogP contribution in [0.1, 0.15) is 12.0 Å². The number of ether oxygens (including phenoxy) is 2. The van der Waals surface area contributed by atoms with Crippen molar-refractivity contribution in [1.29, 1.82) is 0 Å². The molecule has 21 heavy (non-hydrogen) atoms. The van der Waals surface area contributed by atoms with Gasteiger partial charge in [0.2, 0.25) is 0 Å². The summed E-state index contributed by atoms with van der Waals surface area (Å²) in [4.78, 5) is 0. The van der Waals surface area contributed by atoms with Gasteiger partial charge in [-0.2, -0.15) is 0 Å². The van der Waals surface area contributed by atoms with Crippen molar-refractivity contribution in [3.63, 3.8) is 0 Å². The van der Waals surface area contributed by atoms with Gasteiger partial charge >= 0.3 is 0 Å². The van der Waals surface area contributed by atoms with E-state index in [1.807, 2.05) is 23.0 Å². The highest BCUT2D eigenvalue weighted by molar-refractivity contribution is 6.33. The van der Waals surface area contributed by atoms with Crippen LogP contribution in [-0.4, -0.2) is 35.8 Å². The lowest BCUT2D eigenvalue weighted by Gasteiger charge is -2.13. The molecule has 0 aliphatic rings. The lowest BCUT2D eigenvalue weighted by molar-refractivity contribution is 0.354. The molecule has 2 aromatic rings. The summed E-state index contributed by atoms with van der Waals surface area (Å²) in [6.45, 7) is 2.38. The van der Waals surface area contributed by atoms with Crippen LogP contribution in [0.5, 0.6) is 11.5 Å².